The molecule has 0 aliphatic rings. The van der Waals surface area contributed by atoms with Gasteiger partial charge in [0.2, 0.25) is 0 Å². The van der Waals surface area contributed by atoms with Gasteiger partial charge in [0.25, 0.3) is 5.91 Å². The summed E-state index contributed by atoms with van der Waals surface area (Å²) in [5.41, 5.74) is -0.201. The molecule has 0 saturated carbocycles. The highest BCUT2D eigenvalue weighted by atomic mass is 16.5. The molecule has 0 unspecified atom stereocenters. The second-order valence-corrected chi connectivity index (χ2v) is 4.64. The molecule has 1 aromatic rings. The van der Waals surface area contributed by atoms with Gasteiger partial charge in [-0.05, 0) is 44.9 Å². The van der Waals surface area contributed by atoms with Crippen LogP contribution < -0.4 is 10.1 Å². The van der Waals surface area contributed by atoms with Crippen molar-refractivity contribution in [1.82, 2.24) is 5.32 Å². The molecule has 2 N–H and O–H groups in total. The maximum absolute atomic E-state index is 11.4. The predicted molar refractivity (Wildman–Crippen MR) is 70.6 cm³/mol. The van der Waals surface area contributed by atoms with E-state index in [4.69, 9.17) is 4.74 Å². The molecule has 0 radical (unpaired) electrons. The number of rotatable bonds is 6. The van der Waals surface area contributed by atoms with Crippen LogP contribution in [0.25, 0.3) is 0 Å². The lowest BCUT2D eigenvalue weighted by Gasteiger charge is -2.16. The smallest absolute Gasteiger partial charge is 0.251 e. The second kappa shape index (κ2) is 6.40. The monoisotopic (exact) mass is 251 g/mol. The van der Waals surface area contributed by atoms with Crippen LogP contribution in [0.5, 0.6) is 5.75 Å². The lowest BCUT2D eigenvalue weighted by molar-refractivity contribution is -0.136. The van der Waals surface area contributed by atoms with Crippen molar-refractivity contribution in [3.05, 3.63) is 29.8 Å². The van der Waals surface area contributed by atoms with Crippen molar-refractivity contribution < 1.29 is 14.6 Å². The average Bonchev–Trinajstić information content (AvgIpc) is 2.30. The van der Waals surface area contributed by atoms with E-state index in [2.05, 4.69) is 5.32 Å². The number of nitrogens with one attached hydrogen (secondary N) is 1. The van der Waals surface area contributed by atoms with Crippen LogP contribution >= 0.6 is 0 Å². The first-order valence-electron chi connectivity index (χ1n) is 6.16. The van der Waals surface area contributed by atoms with E-state index in [0.29, 0.717) is 13.2 Å². The molecule has 0 aliphatic carbocycles. The second-order valence-electron chi connectivity index (χ2n) is 4.64. The highest BCUT2D eigenvalue weighted by Gasteiger charge is 2.22. The average molecular weight is 251 g/mol. The van der Waals surface area contributed by atoms with Crippen molar-refractivity contribution in [2.75, 3.05) is 13.2 Å². The Bertz CT molecular complexity index is 379. The molecule has 1 amide bonds. The van der Waals surface area contributed by atoms with Crippen molar-refractivity contribution >= 4 is 5.91 Å². The first-order valence-corrected chi connectivity index (χ1v) is 6.16. The summed E-state index contributed by atoms with van der Waals surface area (Å²) >= 11 is 0. The van der Waals surface area contributed by atoms with Crippen LogP contribution in [0, 0.1) is 0 Å². The largest absolute Gasteiger partial charge is 0.494 e. The minimum Gasteiger partial charge on any atom is -0.494 e. The van der Waals surface area contributed by atoms with Crippen LogP contribution in [0.1, 0.15) is 26.3 Å². The molecule has 4 nitrogen and oxygen atoms in total. The zero-order chi connectivity index (χ0) is 13.6. The van der Waals surface area contributed by atoms with Crippen LogP contribution in [0.4, 0.5) is 0 Å². The summed E-state index contributed by atoms with van der Waals surface area (Å²) in [5.74, 6) is 0.496. The van der Waals surface area contributed by atoms with E-state index in [1.54, 1.807) is 0 Å². The lowest BCUT2D eigenvalue weighted by Crippen LogP contribution is -2.42. The molecular weight excluding hydrogens is 230 g/mol. The number of carbonyl (C=O) groups excluding carboxylic acids is 1. The maximum Gasteiger partial charge on any atom is 0.251 e. The molecule has 1 aromatic carbocycles. The number of ether oxygens (including phenoxy) is 1. The summed E-state index contributed by atoms with van der Waals surface area (Å²) in [6.45, 7) is 6.05. The van der Waals surface area contributed by atoms with E-state index < -0.39 is 5.60 Å². The number of aliphatic hydroxyl groups is 1. The van der Waals surface area contributed by atoms with E-state index in [9.17, 15) is 9.90 Å². The molecule has 0 bridgehead atoms. The van der Waals surface area contributed by atoms with Crippen LogP contribution in [-0.4, -0.2) is 29.8 Å². The van der Waals surface area contributed by atoms with Gasteiger partial charge in [-0.3, -0.25) is 4.79 Å². The molecule has 1 rings (SSSR count). The first kappa shape index (κ1) is 14.5. The van der Waals surface area contributed by atoms with Gasteiger partial charge in [0, 0.05) is 6.54 Å². The molecule has 0 heterocycles. The van der Waals surface area contributed by atoms with Crippen LogP contribution in [0.15, 0.2) is 24.3 Å². The molecule has 4 heteroatoms. The SMILES string of the molecule is CCOc1ccc(CCNC(=O)C(C)(C)O)cc1. The molecule has 0 saturated heterocycles. The lowest BCUT2D eigenvalue weighted by atomic mass is 10.1. The first-order chi connectivity index (χ1) is 8.43. The number of hydrogen-bond acceptors (Lipinski definition) is 3. The number of benzene rings is 1. The molecule has 100 valence electrons. The maximum atomic E-state index is 11.4. The predicted octanol–water partition coefficient (Wildman–Crippen LogP) is 1.51. The third-order valence-corrected chi connectivity index (χ3v) is 2.49. The van der Waals surface area contributed by atoms with Gasteiger partial charge >= 0.3 is 0 Å². The van der Waals surface area contributed by atoms with Crippen molar-refractivity contribution in [2.45, 2.75) is 32.8 Å². The van der Waals surface area contributed by atoms with Gasteiger partial charge < -0.3 is 15.2 Å². The molecule has 0 atom stereocenters. The molecule has 0 aromatic heterocycles. The highest BCUT2D eigenvalue weighted by Crippen LogP contribution is 2.12. The summed E-state index contributed by atoms with van der Waals surface area (Å²) in [7, 11) is 0. The van der Waals surface area contributed by atoms with E-state index in [-0.39, 0.29) is 5.91 Å². The van der Waals surface area contributed by atoms with Gasteiger partial charge in [-0.15, -0.1) is 0 Å². The van der Waals surface area contributed by atoms with Crippen LogP contribution in [0.3, 0.4) is 0 Å². The van der Waals surface area contributed by atoms with Crippen LogP contribution in [-0.2, 0) is 11.2 Å². The van der Waals surface area contributed by atoms with Crippen molar-refractivity contribution in [2.24, 2.45) is 0 Å². The van der Waals surface area contributed by atoms with E-state index >= 15 is 0 Å². The Morgan fingerprint density at radius 1 is 1.33 bits per heavy atom. The fraction of sp³-hybridized carbons (Fsp3) is 0.500. The Balaban J connectivity index is 2.38. The Morgan fingerprint density at radius 2 is 1.94 bits per heavy atom. The Kier molecular flexibility index (Phi) is 5.16. The normalized spacial score (nSPS) is 11.1. The number of hydrogen-bond donors (Lipinski definition) is 2. The fourth-order valence-electron chi connectivity index (χ4n) is 1.46. The summed E-state index contributed by atoms with van der Waals surface area (Å²) in [5, 5.41) is 12.1. The summed E-state index contributed by atoms with van der Waals surface area (Å²) in [4.78, 5) is 11.4. The third kappa shape index (κ3) is 4.75. The van der Waals surface area contributed by atoms with E-state index in [1.165, 1.54) is 13.8 Å². The van der Waals surface area contributed by atoms with Gasteiger partial charge in [-0.1, -0.05) is 12.1 Å². The summed E-state index contributed by atoms with van der Waals surface area (Å²) in [6.07, 6.45) is 0.730. The molecule has 18 heavy (non-hydrogen) atoms. The number of amides is 1. The third-order valence-electron chi connectivity index (χ3n) is 2.49. The topological polar surface area (TPSA) is 58.6 Å². The summed E-state index contributed by atoms with van der Waals surface area (Å²) < 4.78 is 5.35. The quantitative estimate of drug-likeness (QED) is 0.806. The Morgan fingerprint density at radius 3 is 2.44 bits per heavy atom. The van der Waals surface area contributed by atoms with Crippen LogP contribution in [0.2, 0.25) is 0 Å². The molecule has 0 fully saturated rings. The zero-order valence-corrected chi connectivity index (χ0v) is 11.2. The standard InChI is InChI=1S/C14H21NO3/c1-4-18-12-7-5-11(6-8-12)9-10-15-13(16)14(2,3)17/h5-8,17H,4,9-10H2,1-3H3,(H,15,16). The zero-order valence-electron chi connectivity index (χ0n) is 11.2. The minimum absolute atomic E-state index is 0.353. The van der Waals surface area contributed by atoms with Gasteiger partial charge in [0.1, 0.15) is 11.4 Å². The van der Waals surface area contributed by atoms with E-state index in [1.807, 2.05) is 31.2 Å². The van der Waals surface area contributed by atoms with Gasteiger partial charge in [0.05, 0.1) is 6.61 Å². The molecule has 0 aliphatic heterocycles. The Labute approximate surface area is 108 Å². The van der Waals surface area contributed by atoms with Gasteiger partial charge in [-0.25, -0.2) is 0 Å². The highest BCUT2D eigenvalue weighted by molar-refractivity contribution is 5.83. The fourth-order valence-corrected chi connectivity index (χ4v) is 1.46. The summed E-state index contributed by atoms with van der Waals surface area (Å²) in [6, 6.07) is 7.77. The Hall–Kier alpha value is -1.55. The van der Waals surface area contributed by atoms with Crippen molar-refractivity contribution in [1.29, 1.82) is 0 Å². The minimum atomic E-state index is -1.32. The molecule has 0 spiro atoms. The van der Waals surface area contributed by atoms with Gasteiger partial charge in [-0.2, -0.15) is 0 Å². The van der Waals surface area contributed by atoms with E-state index in [0.717, 1.165) is 17.7 Å². The number of carbonyl (C=O) groups is 1. The van der Waals surface area contributed by atoms with Crippen molar-refractivity contribution in [3.8, 4) is 5.75 Å². The van der Waals surface area contributed by atoms with Crippen molar-refractivity contribution in [3.63, 3.8) is 0 Å². The molecular formula is C14H21NO3. The van der Waals surface area contributed by atoms with Gasteiger partial charge in [0.15, 0.2) is 0 Å².